The lowest BCUT2D eigenvalue weighted by atomic mass is 9.87. The standard InChI is InChI=1S/C14H19ClFNO/c1-17-8-3-6-14(18,7-9-17)10-11-4-2-5-12(15)13(11)16/h2,4-5,18H,3,6-10H2,1H3. The normalized spacial score (nSPS) is 26.0. The first-order chi connectivity index (χ1) is 8.50. The van der Waals surface area contributed by atoms with Gasteiger partial charge in [0.2, 0.25) is 0 Å². The van der Waals surface area contributed by atoms with Gasteiger partial charge in [-0.1, -0.05) is 23.7 Å². The number of likely N-dealkylation sites (tertiary alicyclic amines) is 1. The maximum absolute atomic E-state index is 13.9. The van der Waals surface area contributed by atoms with Crippen molar-refractivity contribution in [3.8, 4) is 0 Å². The molecule has 0 spiro atoms. The van der Waals surface area contributed by atoms with E-state index in [-0.39, 0.29) is 5.02 Å². The second-order valence-electron chi connectivity index (χ2n) is 5.27. The Morgan fingerprint density at radius 2 is 2.17 bits per heavy atom. The van der Waals surface area contributed by atoms with Crippen LogP contribution in [-0.4, -0.2) is 35.7 Å². The molecule has 1 N–H and O–H groups in total. The Balaban J connectivity index is 2.14. The molecule has 100 valence electrons. The molecule has 0 aromatic heterocycles. The van der Waals surface area contributed by atoms with Crippen molar-refractivity contribution in [2.24, 2.45) is 0 Å². The molecule has 4 heteroatoms. The zero-order chi connectivity index (χ0) is 13.2. The smallest absolute Gasteiger partial charge is 0.145 e. The van der Waals surface area contributed by atoms with Gasteiger partial charge in [0.05, 0.1) is 10.6 Å². The van der Waals surface area contributed by atoms with Crippen LogP contribution in [0.2, 0.25) is 5.02 Å². The highest BCUT2D eigenvalue weighted by Crippen LogP contribution is 2.28. The fourth-order valence-electron chi connectivity index (χ4n) is 2.53. The third kappa shape index (κ3) is 3.22. The van der Waals surface area contributed by atoms with Gasteiger partial charge >= 0.3 is 0 Å². The summed E-state index contributed by atoms with van der Waals surface area (Å²) in [4.78, 5) is 2.20. The summed E-state index contributed by atoms with van der Waals surface area (Å²) in [6.07, 6.45) is 2.67. The van der Waals surface area contributed by atoms with E-state index < -0.39 is 11.4 Å². The fraction of sp³-hybridized carbons (Fsp3) is 0.571. The monoisotopic (exact) mass is 271 g/mol. The van der Waals surface area contributed by atoms with Crippen molar-refractivity contribution in [3.05, 3.63) is 34.6 Å². The molecule has 1 atom stereocenters. The second-order valence-corrected chi connectivity index (χ2v) is 5.68. The molecular weight excluding hydrogens is 253 g/mol. The van der Waals surface area contributed by atoms with Gasteiger partial charge in [0.25, 0.3) is 0 Å². The van der Waals surface area contributed by atoms with E-state index in [2.05, 4.69) is 4.90 Å². The van der Waals surface area contributed by atoms with E-state index in [4.69, 9.17) is 11.6 Å². The fourth-order valence-corrected chi connectivity index (χ4v) is 2.72. The third-order valence-electron chi connectivity index (χ3n) is 3.69. The summed E-state index contributed by atoms with van der Waals surface area (Å²) in [5.74, 6) is -0.398. The molecule has 0 amide bonds. The SMILES string of the molecule is CN1CCCC(O)(Cc2cccc(Cl)c2F)CC1. The topological polar surface area (TPSA) is 23.5 Å². The first kappa shape index (κ1) is 13.8. The number of halogens is 2. The highest BCUT2D eigenvalue weighted by atomic mass is 35.5. The van der Waals surface area contributed by atoms with Crippen molar-refractivity contribution >= 4 is 11.6 Å². The molecule has 1 aliphatic rings. The molecule has 1 aromatic carbocycles. The van der Waals surface area contributed by atoms with Crippen molar-refractivity contribution in [3.63, 3.8) is 0 Å². The van der Waals surface area contributed by atoms with Gasteiger partial charge in [-0.3, -0.25) is 0 Å². The van der Waals surface area contributed by atoms with Gasteiger partial charge in [-0.25, -0.2) is 4.39 Å². The van der Waals surface area contributed by atoms with Crippen LogP contribution in [0.25, 0.3) is 0 Å². The number of nitrogens with zero attached hydrogens (tertiary/aromatic N) is 1. The molecule has 1 fully saturated rings. The van der Waals surface area contributed by atoms with Crippen LogP contribution < -0.4 is 0 Å². The Labute approximate surface area is 112 Å². The number of benzene rings is 1. The van der Waals surface area contributed by atoms with Crippen molar-refractivity contribution in [1.29, 1.82) is 0 Å². The van der Waals surface area contributed by atoms with Crippen LogP contribution in [0.3, 0.4) is 0 Å². The number of rotatable bonds is 2. The third-order valence-corrected chi connectivity index (χ3v) is 3.98. The molecule has 0 bridgehead atoms. The van der Waals surface area contributed by atoms with Crippen LogP contribution in [0.5, 0.6) is 0 Å². The van der Waals surface area contributed by atoms with Gasteiger partial charge in [0.1, 0.15) is 5.82 Å². The van der Waals surface area contributed by atoms with Crippen LogP contribution in [0, 0.1) is 5.82 Å². The average molecular weight is 272 g/mol. The Morgan fingerprint density at radius 3 is 2.94 bits per heavy atom. The van der Waals surface area contributed by atoms with E-state index >= 15 is 0 Å². The summed E-state index contributed by atoms with van der Waals surface area (Å²) in [5.41, 5.74) is -0.300. The quantitative estimate of drug-likeness (QED) is 0.894. The van der Waals surface area contributed by atoms with Crippen molar-refractivity contribution in [1.82, 2.24) is 4.90 Å². The van der Waals surface area contributed by atoms with Crippen molar-refractivity contribution < 1.29 is 9.50 Å². The van der Waals surface area contributed by atoms with Crippen molar-refractivity contribution in [2.75, 3.05) is 20.1 Å². The predicted molar refractivity (Wildman–Crippen MR) is 71.4 cm³/mol. The zero-order valence-electron chi connectivity index (χ0n) is 10.6. The molecule has 1 unspecified atom stereocenters. The Morgan fingerprint density at radius 1 is 1.39 bits per heavy atom. The van der Waals surface area contributed by atoms with E-state index in [1.165, 1.54) is 6.07 Å². The summed E-state index contributed by atoms with van der Waals surface area (Å²) in [7, 11) is 2.05. The lowest BCUT2D eigenvalue weighted by Gasteiger charge is -2.27. The lowest BCUT2D eigenvalue weighted by molar-refractivity contribution is 0.0255. The molecule has 0 saturated carbocycles. The minimum absolute atomic E-state index is 0.127. The highest BCUT2D eigenvalue weighted by molar-refractivity contribution is 6.30. The molecule has 1 aromatic rings. The van der Waals surface area contributed by atoms with Crippen LogP contribution in [0.1, 0.15) is 24.8 Å². The summed E-state index contributed by atoms with van der Waals surface area (Å²) in [5, 5.41) is 10.7. The zero-order valence-corrected chi connectivity index (χ0v) is 11.4. The first-order valence-corrected chi connectivity index (χ1v) is 6.72. The van der Waals surface area contributed by atoms with E-state index in [9.17, 15) is 9.50 Å². The maximum atomic E-state index is 13.9. The molecular formula is C14H19ClFNO. The predicted octanol–water partition coefficient (Wildman–Crippen LogP) is 2.87. The summed E-state index contributed by atoms with van der Waals surface area (Å²) in [6.45, 7) is 1.83. The number of hydrogen-bond donors (Lipinski definition) is 1. The van der Waals surface area contributed by atoms with E-state index in [1.54, 1.807) is 12.1 Å². The van der Waals surface area contributed by atoms with Gasteiger partial charge in [0, 0.05) is 13.0 Å². The van der Waals surface area contributed by atoms with E-state index in [0.29, 0.717) is 24.8 Å². The molecule has 0 aliphatic carbocycles. The molecule has 18 heavy (non-hydrogen) atoms. The van der Waals surface area contributed by atoms with Crippen molar-refractivity contribution in [2.45, 2.75) is 31.3 Å². The maximum Gasteiger partial charge on any atom is 0.145 e. The second kappa shape index (κ2) is 5.55. The van der Waals surface area contributed by atoms with Crippen LogP contribution >= 0.6 is 11.6 Å². The number of hydrogen-bond acceptors (Lipinski definition) is 2. The molecule has 1 saturated heterocycles. The van der Waals surface area contributed by atoms with Crippen LogP contribution in [0.15, 0.2) is 18.2 Å². The lowest BCUT2D eigenvalue weighted by Crippen LogP contribution is -2.33. The van der Waals surface area contributed by atoms with Gasteiger partial charge in [0.15, 0.2) is 0 Å². The average Bonchev–Trinajstić information content (AvgIpc) is 2.48. The molecule has 2 rings (SSSR count). The molecule has 1 aliphatic heterocycles. The summed E-state index contributed by atoms with van der Waals surface area (Å²) < 4.78 is 13.9. The van der Waals surface area contributed by atoms with Gasteiger partial charge in [-0.2, -0.15) is 0 Å². The molecule has 2 nitrogen and oxygen atoms in total. The first-order valence-electron chi connectivity index (χ1n) is 6.34. The van der Waals surface area contributed by atoms with E-state index in [1.807, 2.05) is 7.05 Å². The van der Waals surface area contributed by atoms with Gasteiger partial charge in [-0.15, -0.1) is 0 Å². The minimum atomic E-state index is -0.809. The van der Waals surface area contributed by atoms with Crippen LogP contribution in [0.4, 0.5) is 4.39 Å². The largest absolute Gasteiger partial charge is 0.389 e. The van der Waals surface area contributed by atoms with Gasteiger partial charge < -0.3 is 10.0 Å². The Bertz CT molecular complexity index is 426. The summed E-state index contributed by atoms with van der Waals surface area (Å²) in [6, 6.07) is 4.96. The molecule has 0 radical (unpaired) electrons. The van der Waals surface area contributed by atoms with Crippen LogP contribution in [-0.2, 0) is 6.42 Å². The van der Waals surface area contributed by atoms with Gasteiger partial charge in [-0.05, 0) is 44.5 Å². The number of aliphatic hydroxyl groups is 1. The Kier molecular flexibility index (Phi) is 4.25. The Hall–Kier alpha value is -0.640. The minimum Gasteiger partial charge on any atom is -0.389 e. The van der Waals surface area contributed by atoms with E-state index in [0.717, 1.165) is 19.5 Å². The molecule has 1 heterocycles. The highest BCUT2D eigenvalue weighted by Gasteiger charge is 2.30. The summed E-state index contributed by atoms with van der Waals surface area (Å²) >= 11 is 5.77.